The van der Waals surface area contributed by atoms with Gasteiger partial charge in [-0.05, 0) is 49.0 Å². The minimum absolute atomic E-state index is 0. The molecular formula is C14H17ClN2O2. The fraction of sp³-hybridized carbons (Fsp3) is 0.357. The summed E-state index contributed by atoms with van der Waals surface area (Å²) in [6.07, 6.45) is 4.13. The van der Waals surface area contributed by atoms with E-state index in [0.717, 1.165) is 37.1 Å². The minimum atomic E-state index is -0.0571. The summed E-state index contributed by atoms with van der Waals surface area (Å²) in [5.41, 5.74) is -0.0571. The molecule has 2 heterocycles. The monoisotopic (exact) mass is 280 g/mol. The highest BCUT2D eigenvalue weighted by atomic mass is 35.5. The van der Waals surface area contributed by atoms with E-state index in [2.05, 4.69) is 10.3 Å². The second-order valence-corrected chi connectivity index (χ2v) is 4.64. The highest BCUT2D eigenvalue weighted by molar-refractivity contribution is 5.85. The molecule has 0 radical (unpaired) electrons. The van der Waals surface area contributed by atoms with Gasteiger partial charge in [-0.25, -0.2) is 0 Å². The van der Waals surface area contributed by atoms with Crippen molar-refractivity contribution in [1.82, 2.24) is 10.3 Å². The van der Waals surface area contributed by atoms with Crippen molar-refractivity contribution >= 4 is 23.2 Å². The Hall–Kier alpha value is -1.52. The minimum Gasteiger partial charge on any atom is -0.489 e. The molecule has 1 aromatic heterocycles. The molecule has 1 fully saturated rings. The van der Waals surface area contributed by atoms with E-state index in [9.17, 15) is 4.79 Å². The maximum Gasteiger partial charge on any atom is 0.255 e. The van der Waals surface area contributed by atoms with Crippen LogP contribution in [0.1, 0.15) is 12.8 Å². The van der Waals surface area contributed by atoms with Gasteiger partial charge in [0, 0.05) is 18.1 Å². The zero-order valence-electron chi connectivity index (χ0n) is 10.5. The number of ether oxygens (including phenoxy) is 1. The number of benzene rings is 1. The van der Waals surface area contributed by atoms with Gasteiger partial charge in [0.05, 0.1) is 0 Å². The van der Waals surface area contributed by atoms with Crippen molar-refractivity contribution in [2.75, 3.05) is 13.1 Å². The maximum absolute atomic E-state index is 11.6. The number of piperidine rings is 1. The van der Waals surface area contributed by atoms with Gasteiger partial charge in [-0.1, -0.05) is 0 Å². The number of H-pyrrole nitrogens is 1. The number of hydrogen-bond donors (Lipinski definition) is 2. The van der Waals surface area contributed by atoms with Gasteiger partial charge >= 0.3 is 0 Å². The summed E-state index contributed by atoms with van der Waals surface area (Å²) in [5.74, 6) is 0.835. The first-order chi connectivity index (χ1) is 8.83. The van der Waals surface area contributed by atoms with Crippen LogP contribution in [0.4, 0.5) is 0 Å². The molecule has 0 aliphatic carbocycles. The first-order valence-corrected chi connectivity index (χ1v) is 6.32. The molecule has 1 saturated heterocycles. The maximum atomic E-state index is 11.6. The third kappa shape index (κ3) is 3.08. The van der Waals surface area contributed by atoms with E-state index in [-0.39, 0.29) is 24.1 Å². The van der Waals surface area contributed by atoms with Gasteiger partial charge in [0.1, 0.15) is 11.9 Å². The second-order valence-electron chi connectivity index (χ2n) is 4.64. The molecule has 19 heavy (non-hydrogen) atoms. The van der Waals surface area contributed by atoms with Crippen molar-refractivity contribution in [3.8, 4) is 5.75 Å². The molecule has 2 aromatic rings. The molecule has 2 N–H and O–H groups in total. The van der Waals surface area contributed by atoms with Gasteiger partial charge in [-0.2, -0.15) is 0 Å². The molecule has 0 spiro atoms. The molecule has 3 rings (SSSR count). The highest BCUT2D eigenvalue weighted by Crippen LogP contribution is 2.20. The SMILES string of the molecule is Cl.O=c1[nH]ccc2cc(OC3CCCNC3)ccc12. The van der Waals surface area contributed by atoms with Crippen LogP contribution in [-0.2, 0) is 0 Å². The number of halogens is 1. The molecule has 102 valence electrons. The Bertz CT molecular complexity index is 606. The first kappa shape index (κ1) is 13.9. The van der Waals surface area contributed by atoms with Gasteiger partial charge in [0.2, 0.25) is 0 Å². The van der Waals surface area contributed by atoms with Crippen molar-refractivity contribution < 1.29 is 4.74 Å². The van der Waals surface area contributed by atoms with Crippen LogP contribution in [0.3, 0.4) is 0 Å². The number of pyridine rings is 1. The predicted molar refractivity (Wildman–Crippen MR) is 78.3 cm³/mol. The van der Waals surface area contributed by atoms with E-state index >= 15 is 0 Å². The third-order valence-electron chi connectivity index (χ3n) is 3.30. The van der Waals surface area contributed by atoms with Gasteiger partial charge in [0.25, 0.3) is 5.56 Å². The van der Waals surface area contributed by atoms with Gasteiger partial charge in [-0.15, -0.1) is 12.4 Å². The normalized spacial score (nSPS) is 18.8. The summed E-state index contributed by atoms with van der Waals surface area (Å²) < 4.78 is 5.93. The molecule has 1 aliphatic rings. The first-order valence-electron chi connectivity index (χ1n) is 6.32. The molecule has 0 bridgehead atoms. The van der Waals surface area contributed by atoms with Crippen molar-refractivity contribution in [3.05, 3.63) is 40.8 Å². The van der Waals surface area contributed by atoms with Crippen LogP contribution in [0.5, 0.6) is 5.75 Å². The molecule has 0 amide bonds. The zero-order chi connectivity index (χ0) is 12.4. The smallest absolute Gasteiger partial charge is 0.255 e. The standard InChI is InChI=1S/C14H16N2O2.ClH/c17-14-13-4-3-11(8-10(13)5-7-16-14)18-12-2-1-6-15-9-12;/h3-5,7-8,12,15H,1-2,6,9H2,(H,16,17);1H. The molecule has 1 aromatic carbocycles. The van der Waals surface area contributed by atoms with Crippen LogP contribution in [0.25, 0.3) is 10.8 Å². The highest BCUT2D eigenvalue weighted by Gasteiger charge is 2.14. The fourth-order valence-electron chi connectivity index (χ4n) is 2.36. The number of fused-ring (bicyclic) bond motifs is 1. The second kappa shape index (κ2) is 6.08. The number of aromatic amines is 1. The van der Waals surface area contributed by atoms with E-state index in [1.807, 2.05) is 24.3 Å². The van der Waals surface area contributed by atoms with E-state index in [0.29, 0.717) is 5.39 Å². The Morgan fingerprint density at radius 2 is 2.16 bits per heavy atom. The molecule has 1 unspecified atom stereocenters. The lowest BCUT2D eigenvalue weighted by Gasteiger charge is -2.24. The average Bonchev–Trinajstić information content (AvgIpc) is 2.40. The fourth-order valence-corrected chi connectivity index (χ4v) is 2.36. The Morgan fingerprint density at radius 3 is 2.95 bits per heavy atom. The third-order valence-corrected chi connectivity index (χ3v) is 3.30. The molecule has 1 atom stereocenters. The lowest BCUT2D eigenvalue weighted by atomic mass is 10.1. The number of nitrogens with one attached hydrogen (secondary N) is 2. The van der Waals surface area contributed by atoms with Crippen molar-refractivity contribution in [3.63, 3.8) is 0 Å². The van der Waals surface area contributed by atoms with Crippen LogP contribution in [0.2, 0.25) is 0 Å². The topological polar surface area (TPSA) is 54.1 Å². The molecule has 5 heteroatoms. The van der Waals surface area contributed by atoms with E-state index in [1.54, 1.807) is 6.20 Å². The Morgan fingerprint density at radius 1 is 1.26 bits per heavy atom. The molecule has 0 saturated carbocycles. The van der Waals surface area contributed by atoms with Gasteiger partial charge in [-0.3, -0.25) is 4.79 Å². The van der Waals surface area contributed by atoms with Gasteiger partial charge in [0.15, 0.2) is 0 Å². The van der Waals surface area contributed by atoms with Gasteiger partial charge < -0.3 is 15.0 Å². The molecule has 4 nitrogen and oxygen atoms in total. The van der Waals surface area contributed by atoms with Crippen molar-refractivity contribution in [1.29, 1.82) is 0 Å². The van der Waals surface area contributed by atoms with Crippen LogP contribution in [0, 0.1) is 0 Å². The van der Waals surface area contributed by atoms with Crippen LogP contribution in [0.15, 0.2) is 35.3 Å². The van der Waals surface area contributed by atoms with E-state index in [4.69, 9.17) is 4.74 Å². The quantitative estimate of drug-likeness (QED) is 0.886. The molecular weight excluding hydrogens is 264 g/mol. The van der Waals surface area contributed by atoms with Crippen LogP contribution >= 0.6 is 12.4 Å². The van der Waals surface area contributed by atoms with Crippen molar-refractivity contribution in [2.24, 2.45) is 0 Å². The lowest BCUT2D eigenvalue weighted by molar-refractivity contribution is 0.167. The van der Waals surface area contributed by atoms with E-state index in [1.165, 1.54) is 0 Å². The number of rotatable bonds is 2. The van der Waals surface area contributed by atoms with Crippen molar-refractivity contribution in [2.45, 2.75) is 18.9 Å². The summed E-state index contributed by atoms with van der Waals surface area (Å²) in [6, 6.07) is 7.51. The summed E-state index contributed by atoms with van der Waals surface area (Å²) in [6.45, 7) is 1.97. The number of hydrogen-bond acceptors (Lipinski definition) is 3. The van der Waals surface area contributed by atoms with Crippen LogP contribution < -0.4 is 15.6 Å². The summed E-state index contributed by atoms with van der Waals surface area (Å²) in [4.78, 5) is 14.2. The summed E-state index contributed by atoms with van der Waals surface area (Å²) in [5, 5.41) is 4.94. The largest absolute Gasteiger partial charge is 0.489 e. The Balaban J connectivity index is 0.00000133. The number of aromatic nitrogens is 1. The van der Waals surface area contributed by atoms with Crippen LogP contribution in [-0.4, -0.2) is 24.2 Å². The predicted octanol–water partition coefficient (Wildman–Crippen LogP) is 2.08. The van der Waals surface area contributed by atoms with E-state index < -0.39 is 0 Å². The summed E-state index contributed by atoms with van der Waals surface area (Å²) >= 11 is 0. The average molecular weight is 281 g/mol. The Labute approximate surface area is 117 Å². The lowest BCUT2D eigenvalue weighted by Crippen LogP contribution is -2.37. The summed E-state index contributed by atoms with van der Waals surface area (Å²) in [7, 11) is 0. The molecule has 1 aliphatic heterocycles. The Kier molecular flexibility index (Phi) is 4.45. The zero-order valence-corrected chi connectivity index (χ0v) is 11.3.